The number of hydrogen-bond acceptors (Lipinski definition) is 5. The van der Waals surface area contributed by atoms with Crippen molar-refractivity contribution in [1.82, 2.24) is 9.62 Å². The van der Waals surface area contributed by atoms with E-state index in [1.165, 1.54) is 11.3 Å². The molecule has 1 unspecified atom stereocenters. The predicted octanol–water partition coefficient (Wildman–Crippen LogP) is 2.03. The van der Waals surface area contributed by atoms with Gasteiger partial charge in [-0.2, -0.15) is 0 Å². The largest absolute Gasteiger partial charge is 0.391 e. The van der Waals surface area contributed by atoms with Crippen molar-refractivity contribution >= 4 is 21.4 Å². The molecule has 1 rings (SSSR count). The summed E-state index contributed by atoms with van der Waals surface area (Å²) in [6, 6.07) is 1.43. The van der Waals surface area contributed by atoms with Crippen molar-refractivity contribution in [1.29, 1.82) is 0 Å². The number of nitrogens with one attached hydrogen (secondary N) is 1. The summed E-state index contributed by atoms with van der Waals surface area (Å²) in [6.07, 6.45) is 1.76. The number of nitrogens with zero attached hydrogens (tertiary/aromatic N) is 1. The predicted molar refractivity (Wildman–Crippen MR) is 87.0 cm³/mol. The van der Waals surface area contributed by atoms with Crippen molar-refractivity contribution < 1.29 is 13.5 Å². The first-order chi connectivity index (χ1) is 9.94. The van der Waals surface area contributed by atoms with Gasteiger partial charge in [0.2, 0.25) is 10.0 Å². The second-order valence-corrected chi connectivity index (χ2v) is 7.74. The Morgan fingerprint density at radius 2 is 2.05 bits per heavy atom. The molecule has 5 nitrogen and oxygen atoms in total. The third kappa shape index (κ3) is 5.67. The molecule has 2 N–H and O–H groups in total. The number of rotatable bonds is 10. The van der Waals surface area contributed by atoms with Crippen LogP contribution < -0.4 is 4.72 Å². The zero-order valence-corrected chi connectivity index (χ0v) is 14.6. The van der Waals surface area contributed by atoms with Gasteiger partial charge in [-0.25, -0.2) is 13.1 Å². The van der Waals surface area contributed by atoms with E-state index in [9.17, 15) is 13.5 Å². The zero-order chi connectivity index (χ0) is 15.9. The standard InChI is InChI=1S/C14H26N2O3S2/c1-4-16(5-2)9-6-7-12(3)15-21(18,19)14-8-10-20-13(14)11-17/h8,10,12,15,17H,4-7,9,11H2,1-3H3. The minimum atomic E-state index is -3.53. The summed E-state index contributed by atoms with van der Waals surface area (Å²) < 4.78 is 27.2. The zero-order valence-electron chi connectivity index (χ0n) is 13.0. The van der Waals surface area contributed by atoms with Gasteiger partial charge in [-0.3, -0.25) is 0 Å². The van der Waals surface area contributed by atoms with Crippen LogP contribution in [0.3, 0.4) is 0 Å². The normalized spacial score (nSPS) is 13.8. The van der Waals surface area contributed by atoms with Gasteiger partial charge in [0.25, 0.3) is 0 Å². The van der Waals surface area contributed by atoms with Crippen molar-refractivity contribution in [2.75, 3.05) is 19.6 Å². The highest BCUT2D eigenvalue weighted by Gasteiger charge is 2.21. The number of hydrogen-bond donors (Lipinski definition) is 2. The Hall–Kier alpha value is -0.470. The van der Waals surface area contributed by atoms with E-state index in [0.717, 1.165) is 32.5 Å². The van der Waals surface area contributed by atoms with Gasteiger partial charge in [-0.1, -0.05) is 13.8 Å². The Morgan fingerprint density at radius 1 is 1.38 bits per heavy atom. The molecule has 0 amide bonds. The molecule has 7 heteroatoms. The van der Waals surface area contributed by atoms with Crippen LogP contribution in [-0.2, 0) is 16.6 Å². The molecule has 1 aromatic rings. The molecule has 0 bridgehead atoms. The first kappa shape index (κ1) is 18.6. The smallest absolute Gasteiger partial charge is 0.242 e. The molecule has 0 aliphatic rings. The van der Waals surface area contributed by atoms with E-state index in [2.05, 4.69) is 23.5 Å². The number of aliphatic hydroxyl groups is 1. The molecule has 21 heavy (non-hydrogen) atoms. The molecule has 0 saturated heterocycles. The minimum absolute atomic E-state index is 0.114. The Bertz CT molecular complexity index is 510. The van der Waals surface area contributed by atoms with Crippen molar-refractivity contribution in [3.8, 4) is 0 Å². The van der Waals surface area contributed by atoms with Gasteiger partial charge in [0.1, 0.15) is 0 Å². The van der Waals surface area contributed by atoms with E-state index >= 15 is 0 Å². The second-order valence-electron chi connectivity index (χ2n) is 5.06. The molecule has 0 spiro atoms. The van der Waals surface area contributed by atoms with E-state index in [1.807, 2.05) is 6.92 Å². The van der Waals surface area contributed by atoms with Gasteiger partial charge in [0.05, 0.1) is 11.5 Å². The number of thiophene rings is 1. The number of aliphatic hydroxyl groups excluding tert-OH is 1. The van der Waals surface area contributed by atoms with Crippen LogP contribution in [0.25, 0.3) is 0 Å². The third-order valence-corrected chi connectivity index (χ3v) is 6.21. The monoisotopic (exact) mass is 334 g/mol. The van der Waals surface area contributed by atoms with Crippen LogP contribution in [0.15, 0.2) is 16.3 Å². The maximum atomic E-state index is 12.3. The highest BCUT2D eigenvalue weighted by Crippen LogP contribution is 2.22. The molecule has 1 heterocycles. The van der Waals surface area contributed by atoms with Crippen LogP contribution in [0.4, 0.5) is 0 Å². The van der Waals surface area contributed by atoms with Crippen molar-refractivity contribution in [3.05, 3.63) is 16.3 Å². The van der Waals surface area contributed by atoms with Crippen LogP contribution in [0.5, 0.6) is 0 Å². The van der Waals surface area contributed by atoms with Gasteiger partial charge in [-0.15, -0.1) is 11.3 Å². The van der Waals surface area contributed by atoms with Gasteiger partial charge in [0.15, 0.2) is 0 Å². The molecule has 0 aliphatic carbocycles. The van der Waals surface area contributed by atoms with Crippen molar-refractivity contribution in [3.63, 3.8) is 0 Å². The molecule has 0 aromatic carbocycles. The molecule has 122 valence electrons. The van der Waals surface area contributed by atoms with E-state index in [0.29, 0.717) is 4.88 Å². The maximum absolute atomic E-state index is 12.3. The van der Waals surface area contributed by atoms with E-state index in [4.69, 9.17) is 0 Å². The lowest BCUT2D eigenvalue weighted by molar-refractivity contribution is 0.282. The molecule has 0 aliphatic heterocycles. The van der Waals surface area contributed by atoms with Gasteiger partial charge in [0, 0.05) is 10.9 Å². The van der Waals surface area contributed by atoms with Gasteiger partial charge < -0.3 is 10.0 Å². The summed E-state index contributed by atoms with van der Waals surface area (Å²) in [4.78, 5) is 3.01. The Kier molecular flexibility index (Phi) is 7.83. The van der Waals surface area contributed by atoms with Gasteiger partial charge >= 0.3 is 0 Å². The van der Waals surface area contributed by atoms with Crippen molar-refractivity contribution in [2.45, 2.75) is 51.2 Å². The molecule has 0 saturated carbocycles. The van der Waals surface area contributed by atoms with E-state index in [1.54, 1.807) is 11.4 Å². The van der Waals surface area contributed by atoms with Crippen LogP contribution in [0, 0.1) is 0 Å². The Morgan fingerprint density at radius 3 is 2.62 bits per heavy atom. The molecular formula is C14H26N2O3S2. The lowest BCUT2D eigenvalue weighted by atomic mass is 10.2. The summed E-state index contributed by atoms with van der Waals surface area (Å²) in [7, 11) is -3.53. The second kappa shape index (κ2) is 8.85. The maximum Gasteiger partial charge on any atom is 0.242 e. The average molecular weight is 335 g/mol. The van der Waals surface area contributed by atoms with Crippen LogP contribution in [0.2, 0.25) is 0 Å². The summed E-state index contributed by atoms with van der Waals surface area (Å²) in [5.41, 5.74) is 0. The molecule has 0 fully saturated rings. The summed E-state index contributed by atoms with van der Waals surface area (Å²) >= 11 is 1.26. The van der Waals surface area contributed by atoms with Crippen LogP contribution >= 0.6 is 11.3 Å². The molecule has 1 atom stereocenters. The molecule has 1 aromatic heterocycles. The highest BCUT2D eigenvalue weighted by atomic mass is 32.2. The average Bonchev–Trinajstić information content (AvgIpc) is 2.92. The fourth-order valence-corrected chi connectivity index (χ4v) is 4.80. The first-order valence-electron chi connectivity index (χ1n) is 7.36. The SMILES string of the molecule is CCN(CC)CCCC(C)NS(=O)(=O)c1ccsc1CO. The third-order valence-electron chi connectivity index (χ3n) is 3.50. The summed E-state index contributed by atoms with van der Waals surface area (Å²) in [5, 5.41) is 10.9. The summed E-state index contributed by atoms with van der Waals surface area (Å²) in [5.74, 6) is 0. The highest BCUT2D eigenvalue weighted by molar-refractivity contribution is 7.89. The fraction of sp³-hybridized carbons (Fsp3) is 0.714. The quantitative estimate of drug-likeness (QED) is 0.687. The topological polar surface area (TPSA) is 69.6 Å². The molecule has 0 radical (unpaired) electrons. The first-order valence-corrected chi connectivity index (χ1v) is 9.72. The lowest BCUT2D eigenvalue weighted by Gasteiger charge is -2.19. The summed E-state index contributed by atoms with van der Waals surface area (Å²) in [6.45, 7) is 8.91. The van der Waals surface area contributed by atoms with Crippen LogP contribution in [-0.4, -0.2) is 44.1 Å². The fourth-order valence-electron chi connectivity index (χ4n) is 2.23. The van der Waals surface area contributed by atoms with Crippen molar-refractivity contribution in [2.24, 2.45) is 0 Å². The lowest BCUT2D eigenvalue weighted by Crippen LogP contribution is -2.34. The van der Waals surface area contributed by atoms with E-state index < -0.39 is 10.0 Å². The molecular weight excluding hydrogens is 308 g/mol. The Balaban J connectivity index is 2.52. The minimum Gasteiger partial charge on any atom is -0.391 e. The number of sulfonamides is 1. The van der Waals surface area contributed by atoms with Crippen LogP contribution in [0.1, 0.15) is 38.5 Å². The van der Waals surface area contributed by atoms with E-state index in [-0.39, 0.29) is 17.5 Å². The Labute approximate surface area is 132 Å². The van der Waals surface area contributed by atoms with Gasteiger partial charge in [-0.05, 0) is 50.8 Å².